The second-order valence-electron chi connectivity index (χ2n) is 5.83. The van der Waals surface area contributed by atoms with E-state index in [-0.39, 0.29) is 17.1 Å². The summed E-state index contributed by atoms with van der Waals surface area (Å²) in [5.41, 5.74) is -0.971. The minimum atomic E-state index is -3.63. The highest BCUT2D eigenvalue weighted by atomic mass is 32.2. The number of carboxylic acid groups (broad SMARTS) is 1. The molecule has 1 heterocycles. The van der Waals surface area contributed by atoms with Gasteiger partial charge < -0.3 is 15.0 Å². The molecule has 0 saturated carbocycles. The van der Waals surface area contributed by atoms with Crippen LogP contribution in [0.3, 0.4) is 0 Å². The molecule has 0 unspecified atom stereocenters. The van der Waals surface area contributed by atoms with E-state index in [0.717, 1.165) is 4.31 Å². The van der Waals surface area contributed by atoms with E-state index >= 15 is 0 Å². The third-order valence-electron chi connectivity index (χ3n) is 3.26. The molecule has 9 heteroatoms. The quantitative estimate of drug-likeness (QED) is 0.769. The fourth-order valence-corrected chi connectivity index (χ4v) is 2.55. The molecular weight excluding hydrogens is 310 g/mol. The Kier molecular flexibility index (Phi) is 5.03. The standard InChI is InChI=1S/C13H21N3O5S/c1-13(2,12(18)19)8-14-11(17)10-6-9(7-16(10)5)22(20,21)15(3)4/h6-7H,8H2,1-5H3,(H,14,17)(H,18,19). The topological polar surface area (TPSA) is 109 Å². The van der Waals surface area contributed by atoms with Crippen LogP contribution >= 0.6 is 0 Å². The van der Waals surface area contributed by atoms with Crippen LogP contribution in [0.4, 0.5) is 0 Å². The third-order valence-corrected chi connectivity index (χ3v) is 5.04. The van der Waals surface area contributed by atoms with E-state index in [0.29, 0.717) is 0 Å². The second kappa shape index (κ2) is 6.09. The van der Waals surface area contributed by atoms with Crippen molar-refractivity contribution >= 4 is 21.9 Å². The fraction of sp³-hybridized carbons (Fsp3) is 0.538. The lowest BCUT2D eigenvalue weighted by Crippen LogP contribution is -2.39. The molecule has 1 amide bonds. The van der Waals surface area contributed by atoms with Gasteiger partial charge in [0.05, 0.1) is 5.41 Å². The lowest BCUT2D eigenvalue weighted by Gasteiger charge is -2.19. The van der Waals surface area contributed by atoms with Crippen molar-refractivity contribution in [2.75, 3.05) is 20.6 Å². The number of hydrogen-bond donors (Lipinski definition) is 2. The van der Waals surface area contributed by atoms with Gasteiger partial charge in [0.15, 0.2) is 0 Å². The number of amides is 1. The first-order chi connectivity index (χ1) is 9.89. The van der Waals surface area contributed by atoms with Crippen LogP contribution < -0.4 is 5.32 Å². The van der Waals surface area contributed by atoms with Crippen molar-refractivity contribution in [1.29, 1.82) is 0 Å². The Bertz CT molecular complexity index is 689. The van der Waals surface area contributed by atoms with E-state index in [1.807, 2.05) is 0 Å². The van der Waals surface area contributed by atoms with Crippen molar-refractivity contribution < 1.29 is 23.1 Å². The molecule has 1 aromatic heterocycles. The van der Waals surface area contributed by atoms with Gasteiger partial charge in [-0.1, -0.05) is 0 Å². The summed E-state index contributed by atoms with van der Waals surface area (Å²) in [5, 5.41) is 11.5. The first-order valence-electron chi connectivity index (χ1n) is 6.50. The molecule has 2 N–H and O–H groups in total. The van der Waals surface area contributed by atoms with E-state index in [2.05, 4.69) is 5.32 Å². The van der Waals surface area contributed by atoms with Gasteiger partial charge in [-0.25, -0.2) is 12.7 Å². The molecule has 0 fully saturated rings. The normalized spacial score (nSPS) is 12.5. The zero-order valence-electron chi connectivity index (χ0n) is 13.2. The van der Waals surface area contributed by atoms with Crippen LogP contribution in [0, 0.1) is 5.41 Å². The van der Waals surface area contributed by atoms with Gasteiger partial charge in [-0.05, 0) is 19.9 Å². The third kappa shape index (κ3) is 3.66. The fourth-order valence-electron chi connectivity index (χ4n) is 1.58. The minimum Gasteiger partial charge on any atom is -0.481 e. The average Bonchev–Trinajstić information content (AvgIpc) is 2.78. The summed E-state index contributed by atoms with van der Waals surface area (Å²) in [7, 11) is 0.718. The van der Waals surface area contributed by atoms with E-state index < -0.39 is 27.3 Å². The molecule has 0 atom stereocenters. The molecule has 0 aliphatic carbocycles. The Balaban J connectivity index is 2.98. The second-order valence-corrected chi connectivity index (χ2v) is 7.98. The maximum absolute atomic E-state index is 12.1. The molecule has 1 aromatic rings. The van der Waals surface area contributed by atoms with Gasteiger partial charge in [0.25, 0.3) is 5.91 Å². The van der Waals surface area contributed by atoms with Crippen LogP contribution in [0.25, 0.3) is 0 Å². The molecule has 8 nitrogen and oxygen atoms in total. The average molecular weight is 331 g/mol. The van der Waals surface area contributed by atoms with Crippen molar-refractivity contribution in [1.82, 2.24) is 14.2 Å². The largest absolute Gasteiger partial charge is 0.481 e. The van der Waals surface area contributed by atoms with Crippen LogP contribution in [-0.4, -0.2) is 54.9 Å². The van der Waals surface area contributed by atoms with E-state index in [4.69, 9.17) is 5.11 Å². The van der Waals surface area contributed by atoms with Crippen molar-refractivity contribution in [2.24, 2.45) is 12.5 Å². The smallest absolute Gasteiger partial charge is 0.310 e. The number of hydrogen-bond acceptors (Lipinski definition) is 4. The highest BCUT2D eigenvalue weighted by molar-refractivity contribution is 7.89. The summed E-state index contributed by atoms with van der Waals surface area (Å²) in [5.74, 6) is -1.56. The van der Waals surface area contributed by atoms with Gasteiger partial charge in [0.1, 0.15) is 10.6 Å². The first kappa shape index (κ1) is 18.2. The monoisotopic (exact) mass is 331 g/mol. The van der Waals surface area contributed by atoms with Gasteiger partial charge >= 0.3 is 5.97 Å². The summed E-state index contributed by atoms with van der Waals surface area (Å²) in [6.45, 7) is 2.91. The summed E-state index contributed by atoms with van der Waals surface area (Å²) in [4.78, 5) is 23.1. The van der Waals surface area contributed by atoms with Crippen LogP contribution in [0.15, 0.2) is 17.2 Å². The van der Waals surface area contributed by atoms with E-state index in [9.17, 15) is 18.0 Å². The molecule has 0 bridgehead atoms. The Hall–Kier alpha value is -1.87. The lowest BCUT2D eigenvalue weighted by atomic mass is 9.94. The molecule has 0 saturated heterocycles. The maximum Gasteiger partial charge on any atom is 0.310 e. The summed E-state index contributed by atoms with van der Waals surface area (Å²) >= 11 is 0. The Morgan fingerprint density at radius 3 is 2.36 bits per heavy atom. The van der Waals surface area contributed by atoms with Crippen LogP contribution in [0.2, 0.25) is 0 Å². The Morgan fingerprint density at radius 2 is 1.91 bits per heavy atom. The number of sulfonamides is 1. The molecule has 0 radical (unpaired) electrons. The number of carboxylic acids is 1. The molecule has 1 rings (SSSR count). The van der Waals surface area contributed by atoms with Gasteiger partial charge in [-0.2, -0.15) is 0 Å². The van der Waals surface area contributed by atoms with Crippen molar-refractivity contribution in [3.8, 4) is 0 Å². The van der Waals surface area contributed by atoms with Crippen molar-refractivity contribution in [2.45, 2.75) is 18.7 Å². The highest BCUT2D eigenvalue weighted by Gasteiger charge is 2.28. The van der Waals surface area contributed by atoms with Crippen molar-refractivity contribution in [3.63, 3.8) is 0 Å². The minimum absolute atomic E-state index is 0.00245. The summed E-state index contributed by atoms with van der Waals surface area (Å²) < 4.78 is 26.5. The number of aryl methyl sites for hydroxylation is 1. The first-order valence-corrected chi connectivity index (χ1v) is 7.94. The molecular formula is C13H21N3O5S. The van der Waals surface area contributed by atoms with Gasteiger partial charge in [-0.15, -0.1) is 0 Å². The molecule has 0 aliphatic rings. The number of carbonyl (C=O) groups is 2. The lowest BCUT2D eigenvalue weighted by molar-refractivity contribution is -0.146. The predicted molar refractivity (Wildman–Crippen MR) is 80.0 cm³/mol. The highest BCUT2D eigenvalue weighted by Crippen LogP contribution is 2.17. The maximum atomic E-state index is 12.1. The molecule has 0 spiro atoms. The summed E-state index contributed by atoms with van der Waals surface area (Å²) in [6.07, 6.45) is 1.34. The number of nitrogens with zero attached hydrogens (tertiary/aromatic N) is 2. The van der Waals surface area contributed by atoms with Gasteiger partial charge in [-0.3, -0.25) is 9.59 Å². The SMILES string of the molecule is CN(C)S(=O)(=O)c1cc(C(=O)NCC(C)(C)C(=O)O)n(C)c1. The Morgan fingerprint density at radius 1 is 1.36 bits per heavy atom. The number of rotatable bonds is 6. The Labute approximate surface area is 129 Å². The van der Waals surface area contributed by atoms with E-state index in [1.54, 1.807) is 7.05 Å². The zero-order valence-corrected chi connectivity index (χ0v) is 14.1. The van der Waals surface area contributed by atoms with Crippen LogP contribution in [0.1, 0.15) is 24.3 Å². The predicted octanol–water partition coefficient (Wildman–Crippen LogP) is 0.116. The number of aromatic nitrogens is 1. The number of aliphatic carboxylic acids is 1. The number of nitrogens with one attached hydrogen (secondary N) is 1. The van der Waals surface area contributed by atoms with Gasteiger partial charge in [0, 0.05) is 33.9 Å². The van der Waals surface area contributed by atoms with Crippen LogP contribution in [0.5, 0.6) is 0 Å². The van der Waals surface area contributed by atoms with Crippen molar-refractivity contribution in [3.05, 3.63) is 18.0 Å². The van der Waals surface area contributed by atoms with Gasteiger partial charge in [0.2, 0.25) is 10.0 Å². The number of carbonyl (C=O) groups excluding carboxylic acids is 1. The zero-order chi connectivity index (χ0) is 17.3. The summed E-state index contributed by atoms with van der Waals surface area (Å²) in [6, 6.07) is 1.26. The molecule has 0 aromatic carbocycles. The molecule has 22 heavy (non-hydrogen) atoms. The molecule has 124 valence electrons. The van der Waals surface area contributed by atoms with Crippen LogP contribution in [-0.2, 0) is 21.9 Å². The molecule has 0 aliphatic heterocycles. The van der Waals surface area contributed by atoms with E-state index in [1.165, 1.54) is 44.8 Å².